The van der Waals surface area contributed by atoms with Crippen LogP contribution >= 0.6 is 0 Å². The molecular formula is C20H36. The lowest BCUT2D eigenvalue weighted by Gasteiger charge is -2.22. The second-order valence-electron chi connectivity index (χ2n) is 6.36. The monoisotopic (exact) mass is 276 g/mol. The lowest BCUT2D eigenvalue weighted by atomic mass is 9.84. The predicted molar refractivity (Wildman–Crippen MR) is 93.5 cm³/mol. The van der Waals surface area contributed by atoms with Crippen LogP contribution in [0.2, 0.25) is 0 Å². The van der Waals surface area contributed by atoms with Crippen LogP contribution in [0, 0.1) is 5.92 Å². The third-order valence-corrected chi connectivity index (χ3v) is 4.30. The van der Waals surface area contributed by atoms with E-state index in [1.54, 1.807) is 5.56 Å². The summed E-state index contributed by atoms with van der Waals surface area (Å²) in [6.07, 6.45) is 11.1. The quantitative estimate of drug-likeness (QED) is 0.544. The molecule has 1 saturated carbocycles. The van der Waals surface area contributed by atoms with Crippen molar-refractivity contribution in [3.63, 3.8) is 0 Å². The molecule has 1 aromatic rings. The van der Waals surface area contributed by atoms with Crippen molar-refractivity contribution in [3.8, 4) is 0 Å². The largest absolute Gasteiger partial charge is 0.0776 e. The second kappa shape index (κ2) is 10.0. The van der Waals surface area contributed by atoms with E-state index in [1.165, 1.54) is 56.9 Å². The van der Waals surface area contributed by atoms with Gasteiger partial charge in [-0.05, 0) is 48.6 Å². The third-order valence-electron chi connectivity index (χ3n) is 4.30. The van der Waals surface area contributed by atoms with Gasteiger partial charge in [-0.1, -0.05) is 78.6 Å². The van der Waals surface area contributed by atoms with E-state index in [4.69, 9.17) is 0 Å². The molecule has 1 aliphatic rings. The topological polar surface area (TPSA) is 0 Å². The van der Waals surface area contributed by atoms with Gasteiger partial charge < -0.3 is 0 Å². The maximum atomic E-state index is 2.39. The van der Waals surface area contributed by atoms with E-state index in [9.17, 15) is 0 Å². The van der Waals surface area contributed by atoms with Crippen molar-refractivity contribution < 1.29 is 0 Å². The number of hydrogen-bond donors (Lipinski definition) is 0. The maximum absolute atomic E-state index is 2.39. The molecule has 0 amide bonds. The molecule has 0 N–H and O–H groups in total. The summed E-state index contributed by atoms with van der Waals surface area (Å²) in [5, 5.41) is 0. The van der Waals surface area contributed by atoms with Crippen molar-refractivity contribution in [1.29, 1.82) is 0 Å². The first-order valence-corrected chi connectivity index (χ1v) is 7.84. The van der Waals surface area contributed by atoms with Crippen molar-refractivity contribution in [2.45, 2.75) is 86.0 Å². The molecule has 0 nitrogen and oxygen atoms in total. The fourth-order valence-electron chi connectivity index (χ4n) is 3.11. The van der Waals surface area contributed by atoms with Gasteiger partial charge in [0.05, 0.1) is 0 Å². The summed E-state index contributed by atoms with van der Waals surface area (Å²) in [5.74, 6) is 1.69. The second-order valence-corrected chi connectivity index (χ2v) is 6.36. The van der Waals surface area contributed by atoms with Crippen LogP contribution in [0.4, 0.5) is 0 Å². The lowest BCUT2D eigenvalue weighted by molar-refractivity contribution is 0.443. The van der Waals surface area contributed by atoms with E-state index >= 15 is 0 Å². The standard InChI is InChI=1S/C18H28.2CH4/c1-15(2)7-6-8-16-11-13-18(14-12-16)17-9-4-3-5-10-17;;/h11-15,17H,3-10H2,1-2H3;2*1H4. The van der Waals surface area contributed by atoms with Gasteiger partial charge in [-0.25, -0.2) is 0 Å². The Morgan fingerprint density at radius 3 is 2.10 bits per heavy atom. The zero-order chi connectivity index (χ0) is 12.8. The highest BCUT2D eigenvalue weighted by Crippen LogP contribution is 2.32. The molecule has 20 heavy (non-hydrogen) atoms. The zero-order valence-electron chi connectivity index (χ0n) is 12.1. The molecule has 0 aliphatic heterocycles. The predicted octanol–water partition coefficient (Wildman–Crippen LogP) is 6.99. The Morgan fingerprint density at radius 2 is 1.55 bits per heavy atom. The SMILES string of the molecule is C.C.CC(C)CCCc1ccc(C2CCCCC2)cc1. The molecule has 0 unspecified atom stereocenters. The first-order valence-electron chi connectivity index (χ1n) is 7.84. The summed E-state index contributed by atoms with van der Waals surface area (Å²) in [4.78, 5) is 0. The van der Waals surface area contributed by atoms with E-state index in [2.05, 4.69) is 38.1 Å². The molecule has 1 aliphatic carbocycles. The van der Waals surface area contributed by atoms with Gasteiger partial charge >= 0.3 is 0 Å². The lowest BCUT2D eigenvalue weighted by Crippen LogP contribution is -2.04. The highest BCUT2D eigenvalue weighted by Gasteiger charge is 2.14. The van der Waals surface area contributed by atoms with E-state index in [1.807, 2.05) is 0 Å². The summed E-state index contributed by atoms with van der Waals surface area (Å²) in [7, 11) is 0. The molecular weight excluding hydrogens is 240 g/mol. The van der Waals surface area contributed by atoms with Crippen LogP contribution in [0.25, 0.3) is 0 Å². The Bertz CT molecular complexity index is 328. The van der Waals surface area contributed by atoms with Crippen molar-refractivity contribution in [2.75, 3.05) is 0 Å². The van der Waals surface area contributed by atoms with E-state index in [0.29, 0.717) is 0 Å². The van der Waals surface area contributed by atoms with Gasteiger partial charge in [0, 0.05) is 0 Å². The molecule has 0 heterocycles. The smallest absolute Gasteiger partial charge is 0.0162 e. The molecule has 0 atom stereocenters. The number of hydrogen-bond acceptors (Lipinski definition) is 0. The third kappa shape index (κ3) is 6.11. The Hall–Kier alpha value is -0.780. The summed E-state index contributed by atoms with van der Waals surface area (Å²) >= 11 is 0. The fraction of sp³-hybridized carbons (Fsp3) is 0.700. The van der Waals surface area contributed by atoms with Crippen molar-refractivity contribution in [3.05, 3.63) is 35.4 Å². The highest BCUT2D eigenvalue weighted by molar-refractivity contribution is 5.25. The molecule has 0 bridgehead atoms. The number of rotatable bonds is 5. The molecule has 0 radical (unpaired) electrons. The Balaban J connectivity index is 0.00000180. The maximum Gasteiger partial charge on any atom is -0.0162 e. The van der Waals surface area contributed by atoms with Crippen LogP contribution in [0.3, 0.4) is 0 Å². The van der Waals surface area contributed by atoms with Gasteiger partial charge in [0.15, 0.2) is 0 Å². The Kier molecular flexibility index (Phi) is 9.63. The van der Waals surface area contributed by atoms with Crippen LogP contribution in [-0.4, -0.2) is 0 Å². The molecule has 0 saturated heterocycles. The van der Waals surface area contributed by atoms with Crippen molar-refractivity contribution in [1.82, 2.24) is 0 Å². The van der Waals surface area contributed by atoms with Crippen LogP contribution in [0.1, 0.15) is 90.7 Å². The molecule has 2 rings (SSSR count). The van der Waals surface area contributed by atoms with Crippen molar-refractivity contribution in [2.24, 2.45) is 5.92 Å². The van der Waals surface area contributed by atoms with Crippen molar-refractivity contribution >= 4 is 0 Å². The van der Waals surface area contributed by atoms with Gasteiger partial charge in [0.2, 0.25) is 0 Å². The minimum Gasteiger partial charge on any atom is -0.0776 e. The first-order chi connectivity index (χ1) is 8.75. The normalized spacial score (nSPS) is 15.6. The highest BCUT2D eigenvalue weighted by atomic mass is 14.2. The van der Waals surface area contributed by atoms with Gasteiger partial charge in [-0.2, -0.15) is 0 Å². The Morgan fingerprint density at radius 1 is 0.950 bits per heavy atom. The average molecular weight is 277 g/mol. The summed E-state index contributed by atoms with van der Waals surface area (Å²) < 4.78 is 0. The molecule has 0 heteroatoms. The number of benzene rings is 1. The van der Waals surface area contributed by atoms with Crippen LogP contribution < -0.4 is 0 Å². The summed E-state index contributed by atoms with van der Waals surface area (Å²) in [5.41, 5.74) is 3.11. The average Bonchev–Trinajstić information content (AvgIpc) is 2.40. The van der Waals surface area contributed by atoms with E-state index in [0.717, 1.165) is 11.8 Å². The summed E-state index contributed by atoms with van der Waals surface area (Å²) in [6.45, 7) is 4.62. The molecule has 116 valence electrons. The fourth-order valence-corrected chi connectivity index (χ4v) is 3.11. The van der Waals surface area contributed by atoms with Crippen LogP contribution in [0.15, 0.2) is 24.3 Å². The first kappa shape index (κ1) is 19.2. The van der Waals surface area contributed by atoms with Gasteiger partial charge in [-0.15, -0.1) is 0 Å². The number of aryl methyl sites for hydroxylation is 1. The van der Waals surface area contributed by atoms with E-state index in [-0.39, 0.29) is 14.9 Å². The summed E-state index contributed by atoms with van der Waals surface area (Å²) in [6, 6.07) is 9.51. The van der Waals surface area contributed by atoms with Gasteiger partial charge in [0.25, 0.3) is 0 Å². The molecule has 0 aromatic heterocycles. The minimum atomic E-state index is 0. The molecule has 0 spiro atoms. The Labute approximate surface area is 128 Å². The molecule has 1 aromatic carbocycles. The van der Waals surface area contributed by atoms with E-state index < -0.39 is 0 Å². The van der Waals surface area contributed by atoms with Gasteiger partial charge in [0.1, 0.15) is 0 Å². The minimum absolute atomic E-state index is 0. The molecule has 1 fully saturated rings. The van der Waals surface area contributed by atoms with Crippen LogP contribution in [-0.2, 0) is 6.42 Å². The van der Waals surface area contributed by atoms with Crippen LogP contribution in [0.5, 0.6) is 0 Å². The zero-order valence-corrected chi connectivity index (χ0v) is 12.1. The van der Waals surface area contributed by atoms with Gasteiger partial charge in [-0.3, -0.25) is 0 Å².